The third kappa shape index (κ3) is 3.08. The number of hydrogen-bond acceptors (Lipinski definition) is 4. The molecule has 5 rings (SSSR count). The van der Waals surface area contributed by atoms with Crippen molar-refractivity contribution < 1.29 is 14.6 Å². The van der Waals surface area contributed by atoms with Crippen molar-refractivity contribution in [3.63, 3.8) is 0 Å². The van der Waals surface area contributed by atoms with Gasteiger partial charge in [0, 0.05) is 19.0 Å². The van der Waals surface area contributed by atoms with Gasteiger partial charge in [-0.3, -0.25) is 0 Å². The summed E-state index contributed by atoms with van der Waals surface area (Å²) in [6.07, 6.45) is 12.4. The SMILES string of the molecule is CN1C=CC=C(C(=O)OC2CCC3C4CCc5cc(O)ccc5C4CCC23C)C1. The number of esters is 1. The van der Waals surface area contributed by atoms with Crippen molar-refractivity contribution in [2.45, 2.75) is 57.5 Å². The minimum atomic E-state index is -0.139. The van der Waals surface area contributed by atoms with Crippen molar-refractivity contribution in [3.8, 4) is 5.75 Å². The Kier molecular flexibility index (Phi) is 4.49. The highest BCUT2D eigenvalue weighted by atomic mass is 16.5. The van der Waals surface area contributed by atoms with Gasteiger partial charge in [-0.05, 0) is 97.9 Å². The van der Waals surface area contributed by atoms with Gasteiger partial charge < -0.3 is 14.7 Å². The Hall–Kier alpha value is -2.23. The molecule has 4 aliphatic rings. The second kappa shape index (κ2) is 6.93. The van der Waals surface area contributed by atoms with E-state index >= 15 is 0 Å². The molecule has 1 aromatic rings. The van der Waals surface area contributed by atoms with E-state index in [2.05, 4.69) is 13.0 Å². The molecule has 2 saturated carbocycles. The predicted octanol–water partition coefficient (Wildman–Crippen LogP) is 4.55. The summed E-state index contributed by atoms with van der Waals surface area (Å²) in [5.41, 5.74) is 3.62. The molecule has 5 unspecified atom stereocenters. The molecule has 0 aromatic heterocycles. The number of nitrogens with zero attached hydrogens (tertiary/aromatic N) is 1. The quantitative estimate of drug-likeness (QED) is 0.749. The van der Waals surface area contributed by atoms with Crippen LogP contribution in [-0.4, -0.2) is 35.7 Å². The van der Waals surface area contributed by atoms with Crippen LogP contribution in [0.5, 0.6) is 5.75 Å². The third-order valence-corrected chi connectivity index (χ3v) is 8.19. The number of ether oxygens (including phenoxy) is 1. The summed E-state index contributed by atoms with van der Waals surface area (Å²) in [7, 11) is 1.98. The summed E-state index contributed by atoms with van der Waals surface area (Å²) >= 11 is 0. The Morgan fingerprint density at radius 3 is 2.93 bits per heavy atom. The Balaban J connectivity index is 1.34. The molecule has 1 heterocycles. The zero-order valence-electron chi connectivity index (χ0n) is 17.4. The van der Waals surface area contributed by atoms with Crippen LogP contribution in [0, 0.1) is 17.3 Å². The summed E-state index contributed by atoms with van der Waals surface area (Å²) < 4.78 is 6.14. The van der Waals surface area contributed by atoms with E-state index in [9.17, 15) is 9.90 Å². The number of benzene rings is 1. The minimum Gasteiger partial charge on any atom is -0.508 e. The van der Waals surface area contributed by atoms with E-state index < -0.39 is 0 Å². The van der Waals surface area contributed by atoms with Crippen molar-refractivity contribution in [1.29, 1.82) is 0 Å². The van der Waals surface area contributed by atoms with Gasteiger partial charge in [-0.1, -0.05) is 13.0 Å². The number of phenolic OH excluding ortho intramolecular Hbond substituents is 1. The summed E-state index contributed by atoms with van der Waals surface area (Å²) in [5.74, 6) is 2.11. The normalized spacial score (nSPS) is 35.4. The maximum Gasteiger partial charge on any atom is 0.336 e. The highest BCUT2D eigenvalue weighted by Gasteiger charge is 2.56. The van der Waals surface area contributed by atoms with Crippen molar-refractivity contribution >= 4 is 5.97 Å². The van der Waals surface area contributed by atoms with Crippen molar-refractivity contribution in [2.75, 3.05) is 13.6 Å². The number of hydrogen-bond donors (Lipinski definition) is 1. The van der Waals surface area contributed by atoms with E-state index in [1.807, 2.05) is 42.4 Å². The molecule has 154 valence electrons. The van der Waals surface area contributed by atoms with E-state index in [1.54, 1.807) is 0 Å². The average Bonchev–Trinajstić information content (AvgIpc) is 3.04. The molecule has 2 fully saturated rings. The van der Waals surface area contributed by atoms with Crippen LogP contribution in [0.1, 0.15) is 56.1 Å². The molecule has 0 amide bonds. The number of fused-ring (bicyclic) bond motifs is 5. The van der Waals surface area contributed by atoms with Crippen LogP contribution in [0.15, 0.2) is 42.1 Å². The second-order valence-electron chi connectivity index (χ2n) is 9.76. The number of allylic oxidation sites excluding steroid dienone is 2. The Labute approximate surface area is 173 Å². The van der Waals surface area contributed by atoms with Gasteiger partial charge >= 0.3 is 5.97 Å². The number of phenols is 1. The molecule has 0 spiro atoms. The number of rotatable bonds is 2. The van der Waals surface area contributed by atoms with E-state index in [1.165, 1.54) is 17.5 Å². The van der Waals surface area contributed by atoms with E-state index in [4.69, 9.17) is 4.74 Å². The second-order valence-corrected chi connectivity index (χ2v) is 9.76. The van der Waals surface area contributed by atoms with Gasteiger partial charge in [-0.2, -0.15) is 0 Å². The van der Waals surface area contributed by atoms with Crippen molar-refractivity contribution in [3.05, 3.63) is 53.3 Å². The van der Waals surface area contributed by atoms with Gasteiger partial charge in [0.1, 0.15) is 11.9 Å². The first-order valence-electron chi connectivity index (χ1n) is 11.1. The first kappa shape index (κ1) is 18.8. The number of aromatic hydroxyl groups is 1. The molecule has 0 bridgehead atoms. The molecule has 0 saturated heterocycles. The molecular weight excluding hydrogens is 362 g/mol. The fourth-order valence-electron chi connectivity index (χ4n) is 6.73. The topological polar surface area (TPSA) is 49.8 Å². The standard InChI is InChI=1S/C25H31NO3/c1-25-12-11-20-19-8-6-18(27)14-16(19)5-7-21(20)22(25)9-10-23(25)29-24(28)17-4-3-13-26(2)15-17/h3-4,6,8,13-14,20-23,27H,5,7,9-12,15H2,1-2H3. The van der Waals surface area contributed by atoms with Crippen LogP contribution in [0.3, 0.4) is 0 Å². The maximum absolute atomic E-state index is 12.8. The van der Waals surface area contributed by atoms with Crippen LogP contribution in [0.4, 0.5) is 0 Å². The largest absolute Gasteiger partial charge is 0.508 e. The van der Waals surface area contributed by atoms with Crippen LogP contribution < -0.4 is 0 Å². The van der Waals surface area contributed by atoms with Crippen LogP contribution in [0.25, 0.3) is 0 Å². The molecule has 3 aliphatic carbocycles. The zero-order valence-corrected chi connectivity index (χ0v) is 17.4. The van der Waals surface area contributed by atoms with E-state index in [0.717, 1.165) is 37.7 Å². The number of likely N-dealkylation sites (N-methyl/N-ethyl adjacent to an activating group) is 1. The lowest BCUT2D eigenvalue weighted by atomic mass is 9.55. The zero-order chi connectivity index (χ0) is 20.2. The fraction of sp³-hybridized carbons (Fsp3) is 0.560. The summed E-state index contributed by atoms with van der Waals surface area (Å²) in [6, 6.07) is 5.95. The third-order valence-electron chi connectivity index (χ3n) is 8.19. The molecule has 4 heteroatoms. The maximum atomic E-state index is 12.8. The lowest BCUT2D eigenvalue weighted by Crippen LogP contribution is -2.45. The number of aryl methyl sites for hydroxylation is 1. The first-order chi connectivity index (χ1) is 14.0. The highest BCUT2D eigenvalue weighted by molar-refractivity contribution is 5.89. The van der Waals surface area contributed by atoms with Gasteiger partial charge in [0.15, 0.2) is 0 Å². The van der Waals surface area contributed by atoms with Crippen LogP contribution >= 0.6 is 0 Å². The van der Waals surface area contributed by atoms with Crippen LogP contribution in [0.2, 0.25) is 0 Å². The Bertz CT molecular complexity index is 888. The molecule has 0 radical (unpaired) electrons. The van der Waals surface area contributed by atoms with E-state index in [0.29, 0.717) is 30.0 Å². The molecule has 1 N–H and O–H groups in total. The number of carbonyl (C=O) groups excluding carboxylic acids is 1. The fourth-order valence-corrected chi connectivity index (χ4v) is 6.73. The predicted molar refractivity (Wildman–Crippen MR) is 112 cm³/mol. The summed E-state index contributed by atoms with van der Waals surface area (Å²) in [5, 5.41) is 9.86. The van der Waals surface area contributed by atoms with Crippen molar-refractivity contribution in [2.24, 2.45) is 17.3 Å². The van der Waals surface area contributed by atoms with Gasteiger partial charge in [-0.15, -0.1) is 0 Å². The molecule has 5 atom stereocenters. The molecule has 29 heavy (non-hydrogen) atoms. The monoisotopic (exact) mass is 393 g/mol. The summed E-state index contributed by atoms with van der Waals surface area (Å²) in [4.78, 5) is 14.8. The van der Waals surface area contributed by atoms with Crippen molar-refractivity contribution in [1.82, 2.24) is 4.90 Å². The first-order valence-corrected chi connectivity index (χ1v) is 11.1. The summed E-state index contributed by atoms with van der Waals surface area (Å²) in [6.45, 7) is 2.99. The van der Waals surface area contributed by atoms with Gasteiger partial charge in [0.05, 0.1) is 5.57 Å². The lowest BCUT2D eigenvalue weighted by molar-refractivity contribution is -0.153. The van der Waals surface area contributed by atoms with Gasteiger partial charge in [-0.25, -0.2) is 4.79 Å². The molecular formula is C25H31NO3. The van der Waals surface area contributed by atoms with E-state index in [-0.39, 0.29) is 17.5 Å². The smallest absolute Gasteiger partial charge is 0.336 e. The Morgan fingerprint density at radius 1 is 1.24 bits per heavy atom. The minimum absolute atomic E-state index is 0.0271. The van der Waals surface area contributed by atoms with Gasteiger partial charge in [0.25, 0.3) is 0 Å². The molecule has 1 aromatic carbocycles. The van der Waals surface area contributed by atoms with Gasteiger partial charge in [0.2, 0.25) is 0 Å². The molecule has 4 nitrogen and oxygen atoms in total. The lowest BCUT2D eigenvalue weighted by Gasteiger charge is -2.50. The average molecular weight is 394 g/mol. The van der Waals surface area contributed by atoms with Crippen LogP contribution in [-0.2, 0) is 16.0 Å². The highest BCUT2D eigenvalue weighted by Crippen LogP contribution is 2.61. The number of carbonyl (C=O) groups is 1. The Morgan fingerprint density at radius 2 is 2.10 bits per heavy atom. The molecule has 1 aliphatic heterocycles.